The van der Waals surface area contributed by atoms with Crippen molar-refractivity contribution in [3.8, 4) is 0 Å². The van der Waals surface area contributed by atoms with Crippen molar-refractivity contribution in [2.24, 2.45) is 5.92 Å². The molecule has 1 saturated heterocycles. The third-order valence-corrected chi connectivity index (χ3v) is 5.19. The summed E-state index contributed by atoms with van der Waals surface area (Å²) in [4.78, 5) is 27.1. The van der Waals surface area contributed by atoms with Crippen molar-refractivity contribution in [3.63, 3.8) is 0 Å². The average molecular weight is 363 g/mol. The number of pyridine rings is 1. The lowest BCUT2D eigenvalue weighted by molar-refractivity contribution is -0.126. The number of rotatable bonds is 5. The summed E-state index contributed by atoms with van der Waals surface area (Å²) in [6.45, 7) is 5.22. The van der Waals surface area contributed by atoms with Crippen LogP contribution in [0.3, 0.4) is 0 Å². The molecular weight excluding hydrogens is 338 g/mol. The molecule has 4 rings (SSSR count). The van der Waals surface area contributed by atoms with E-state index in [0.29, 0.717) is 6.54 Å². The third kappa shape index (κ3) is 4.34. The van der Waals surface area contributed by atoms with Crippen LogP contribution in [0.15, 0.2) is 42.6 Å². The average Bonchev–Trinajstić information content (AvgIpc) is 3.09. The lowest BCUT2D eigenvalue weighted by Crippen LogP contribution is -2.40. The van der Waals surface area contributed by atoms with Crippen molar-refractivity contribution < 1.29 is 4.79 Å². The number of aromatic nitrogens is 3. The molecule has 6 heteroatoms. The normalized spacial score (nSPS) is 15.9. The van der Waals surface area contributed by atoms with Gasteiger partial charge in [-0.2, -0.15) is 0 Å². The van der Waals surface area contributed by atoms with E-state index < -0.39 is 0 Å². The van der Waals surface area contributed by atoms with Gasteiger partial charge in [-0.05, 0) is 62.7 Å². The van der Waals surface area contributed by atoms with Gasteiger partial charge in [-0.25, -0.2) is 4.98 Å². The highest BCUT2D eigenvalue weighted by Gasteiger charge is 2.25. The number of aromatic amines is 1. The van der Waals surface area contributed by atoms with E-state index in [1.165, 1.54) is 5.56 Å². The molecule has 0 saturated carbocycles. The Hall–Kier alpha value is -2.73. The summed E-state index contributed by atoms with van der Waals surface area (Å²) in [7, 11) is 0. The summed E-state index contributed by atoms with van der Waals surface area (Å²) in [6.07, 6.45) is 3.51. The van der Waals surface area contributed by atoms with Crippen LogP contribution < -0.4 is 5.32 Å². The Bertz CT molecular complexity index is 913. The van der Waals surface area contributed by atoms with E-state index >= 15 is 0 Å². The van der Waals surface area contributed by atoms with E-state index in [1.54, 1.807) is 6.20 Å². The van der Waals surface area contributed by atoms with Gasteiger partial charge in [0.15, 0.2) is 0 Å². The lowest BCUT2D eigenvalue weighted by atomic mass is 9.96. The van der Waals surface area contributed by atoms with Crippen molar-refractivity contribution in [2.75, 3.05) is 13.1 Å². The summed E-state index contributed by atoms with van der Waals surface area (Å²) < 4.78 is 0. The zero-order valence-electron chi connectivity index (χ0n) is 15.6. The Morgan fingerprint density at radius 3 is 2.89 bits per heavy atom. The maximum Gasteiger partial charge on any atom is 0.223 e. The quantitative estimate of drug-likeness (QED) is 0.731. The standard InChI is InChI=1S/C21H25N5O/c1-15-5-6-18-19(12-15)25-20(24-18)14-26-10-7-16(8-11-26)21(27)23-13-17-4-2-3-9-22-17/h2-6,9,12,16H,7-8,10-11,13-14H2,1H3,(H,23,27)(H,24,25). The molecular formula is C21H25N5O. The van der Waals surface area contributed by atoms with Crippen molar-refractivity contribution in [3.05, 3.63) is 59.7 Å². The number of nitrogens with zero attached hydrogens (tertiary/aromatic N) is 3. The van der Waals surface area contributed by atoms with Gasteiger partial charge in [0.05, 0.1) is 29.8 Å². The molecule has 27 heavy (non-hydrogen) atoms. The number of nitrogens with one attached hydrogen (secondary N) is 2. The predicted molar refractivity (Wildman–Crippen MR) is 105 cm³/mol. The predicted octanol–water partition coefficient (Wildman–Crippen LogP) is 2.79. The van der Waals surface area contributed by atoms with Crippen LogP contribution in [0.25, 0.3) is 11.0 Å². The zero-order chi connectivity index (χ0) is 18.6. The summed E-state index contributed by atoms with van der Waals surface area (Å²) >= 11 is 0. The van der Waals surface area contributed by atoms with Crippen LogP contribution in [0.1, 0.15) is 29.9 Å². The fourth-order valence-electron chi connectivity index (χ4n) is 3.64. The number of piperidine rings is 1. The van der Waals surface area contributed by atoms with E-state index in [1.807, 2.05) is 18.2 Å². The van der Waals surface area contributed by atoms with Gasteiger partial charge in [-0.1, -0.05) is 12.1 Å². The van der Waals surface area contributed by atoms with Crippen LogP contribution in [-0.4, -0.2) is 38.8 Å². The number of carbonyl (C=O) groups is 1. The van der Waals surface area contributed by atoms with E-state index in [-0.39, 0.29) is 11.8 Å². The lowest BCUT2D eigenvalue weighted by Gasteiger charge is -2.30. The van der Waals surface area contributed by atoms with Crippen molar-refractivity contribution in [1.29, 1.82) is 0 Å². The van der Waals surface area contributed by atoms with Gasteiger partial charge in [-0.15, -0.1) is 0 Å². The number of amides is 1. The number of H-pyrrole nitrogens is 1. The maximum atomic E-state index is 12.4. The smallest absolute Gasteiger partial charge is 0.223 e. The Morgan fingerprint density at radius 1 is 1.26 bits per heavy atom. The molecule has 3 heterocycles. The summed E-state index contributed by atoms with van der Waals surface area (Å²) in [5, 5.41) is 3.02. The second-order valence-electron chi connectivity index (χ2n) is 7.29. The Morgan fingerprint density at radius 2 is 2.11 bits per heavy atom. The molecule has 6 nitrogen and oxygen atoms in total. The molecule has 2 aromatic heterocycles. The number of imidazole rings is 1. The summed E-state index contributed by atoms with van der Waals surface area (Å²) in [6, 6.07) is 12.0. The van der Waals surface area contributed by atoms with E-state index in [0.717, 1.165) is 55.0 Å². The number of likely N-dealkylation sites (tertiary alicyclic amines) is 1. The van der Waals surface area contributed by atoms with Gasteiger partial charge in [-0.3, -0.25) is 14.7 Å². The maximum absolute atomic E-state index is 12.4. The molecule has 1 aliphatic heterocycles. The largest absolute Gasteiger partial charge is 0.350 e. The van der Waals surface area contributed by atoms with E-state index in [4.69, 9.17) is 0 Å². The minimum atomic E-state index is 0.0864. The Kier molecular flexibility index (Phi) is 5.16. The Balaban J connectivity index is 1.27. The molecule has 2 N–H and O–H groups in total. The summed E-state index contributed by atoms with van der Waals surface area (Å²) in [5.41, 5.74) is 4.23. The number of aryl methyl sites for hydroxylation is 1. The molecule has 140 valence electrons. The minimum absolute atomic E-state index is 0.0864. The second kappa shape index (κ2) is 7.88. The van der Waals surface area contributed by atoms with Gasteiger partial charge in [0.1, 0.15) is 5.82 Å². The monoisotopic (exact) mass is 363 g/mol. The van der Waals surface area contributed by atoms with Crippen molar-refractivity contribution >= 4 is 16.9 Å². The first-order valence-electron chi connectivity index (χ1n) is 9.52. The molecule has 1 aliphatic rings. The zero-order valence-corrected chi connectivity index (χ0v) is 15.6. The second-order valence-corrected chi connectivity index (χ2v) is 7.29. The van der Waals surface area contributed by atoms with Gasteiger partial charge in [0.25, 0.3) is 0 Å². The molecule has 0 unspecified atom stereocenters. The molecule has 0 bridgehead atoms. The molecule has 0 aliphatic carbocycles. The van der Waals surface area contributed by atoms with Crippen LogP contribution in [0.5, 0.6) is 0 Å². The van der Waals surface area contributed by atoms with Crippen LogP contribution in [-0.2, 0) is 17.9 Å². The minimum Gasteiger partial charge on any atom is -0.350 e. The highest BCUT2D eigenvalue weighted by molar-refractivity contribution is 5.78. The number of hydrogen-bond donors (Lipinski definition) is 2. The number of fused-ring (bicyclic) bond motifs is 1. The molecule has 0 atom stereocenters. The summed E-state index contributed by atoms with van der Waals surface area (Å²) in [5.74, 6) is 1.22. The molecule has 1 amide bonds. The van der Waals surface area contributed by atoms with Crippen LogP contribution in [0, 0.1) is 12.8 Å². The highest BCUT2D eigenvalue weighted by Crippen LogP contribution is 2.20. The molecule has 0 spiro atoms. The molecule has 3 aromatic rings. The van der Waals surface area contributed by atoms with Crippen molar-refractivity contribution in [2.45, 2.75) is 32.9 Å². The number of carbonyl (C=O) groups excluding carboxylic acids is 1. The Labute approximate surface area is 159 Å². The first-order valence-corrected chi connectivity index (χ1v) is 9.52. The SMILES string of the molecule is Cc1ccc2nc(CN3CCC(C(=O)NCc4ccccn4)CC3)[nH]c2c1. The first-order chi connectivity index (χ1) is 13.2. The van der Waals surface area contributed by atoms with E-state index in [2.05, 4.69) is 50.3 Å². The van der Waals surface area contributed by atoms with Crippen LogP contribution in [0.4, 0.5) is 0 Å². The molecule has 1 aromatic carbocycles. The fourth-order valence-corrected chi connectivity index (χ4v) is 3.64. The van der Waals surface area contributed by atoms with Gasteiger partial charge in [0.2, 0.25) is 5.91 Å². The van der Waals surface area contributed by atoms with Gasteiger partial charge < -0.3 is 10.3 Å². The topological polar surface area (TPSA) is 73.9 Å². The molecule has 1 fully saturated rings. The van der Waals surface area contributed by atoms with Crippen molar-refractivity contribution in [1.82, 2.24) is 25.2 Å². The molecule has 0 radical (unpaired) electrons. The number of benzene rings is 1. The third-order valence-electron chi connectivity index (χ3n) is 5.19. The van der Waals surface area contributed by atoms with Gasteiger partial charge in [0, 0.05) is 12.1 Å². The van der Waals surface area contributed by atoms with Gasteiger partial charge >= 0.3 is 0 Å². The highest BCUT2D eigenvalue weighted by atomic mass is 16.1. The number of hydrogen-bond acceptors (Lipinski definition) is 4. The fraction of sp³-hybridized carbons (Fsp3) is 0.381. The van der Waals surface area contributed by atoms with Crippen LogP contribution in [0.2, 0.25) is 0 Å². The first kappa shape index (κ1) is 17.7. The van der Waals surface area contributed by atoms with E-state index in [9.17, 15) is 4.79 Å². The van der Waals surface area contributed by atoms with Crippen LogP contribution >= 0.6 is 0 Å².